The van der Waals surface area contributed by atoms with Gasteiger partial charge in [0.05, 0.1) is 0 Å². The molecule has 10 heteroatoms. The molecule has 0 bridgehead atoms. The number of halogens is 10. The van der Waals surface area contributed by atoms with Crippen LogP contribution >= 0.6 is 0 Å². The lowest BCUT2D eigenvalue weighted by Crippen LogP contribution is -2.42. The summed E-state index contributed by atoms with van der Waals surface area (Å²) in [5.41, 5.74) is 0. The molecule has 0 aromatic heterocycles. The summed E-state index contributed by atoms with van der Waals surface area (Å²) in [5.74, 6) is -3.01. The first-order chi connectivity index (χ1) is 8.11. The van der Waals surface area contributed by atoms with Crippen molar-refractivity contribution in [2.24, 2.45) is 0 Å². The SMILES string of the molecule is FC(F)=C(F)C(F)C(F)C(F)C(F)C(F)C(F)F. The van der Waals surface area contributed by atoms with Gasteiger partial charge in [0, 0.05) is 0 Å². The lowest BCUT2D eigenvalue weighted by molar-refractivity contribution is -0.0499. The number of hydrogen-bond acceptors (Lipinski definition) is 0. The normalized spacial score (nSPS) is 20.2. The first kappa shape index (κ1) is 17.0. The van der Waals surface area contributed by atoms with Crippen molar-refractivity contribution in [1.29, 1.82) is 0 Å². The molecule has 0 nitrogen and oxygen atoms in total. The monoisotopic (exact) mass is 292 g/mol. The molecule has 0 saturated heterocycles. The number of rotatable bonds is 6. The fourth-order valence-corrected chi connectivity index (χ4v) is 0.896. The minimum Gasteiger partial charge on any atom is -0.241 e. The number of hydrogen-bond donors (Lipinski definition) is 0. The average molecular weight is 292 g/mol. The Morgan fingerprint density at radius 3 is 1.28 bits per heavy atom. The van der Waals surface area contributed by atoms with E-state index in [4.69, 9.17) is 0 Å². The van der Waals surface area contributed by atoms with Gasteiger partial charge in [0.15, 0.2) is 30.9 Å². The first-order valence-electron chi connectivity index (χ1n) is 4.30. The van der Waals surface area contributed by atoms with Crippen molar-refractivity contribution in [2.45, 2.75) is 37.3 Å². The van der Waals surface area contributed by atoms with Crippen LogP contribution in [0.2, 0.25) is 0 Å². The zero-order valence-corrected chi connectivity index (χ0v) is 8.24. The van der Waals surface area contributed by atoms with E-state index in [2.05, 4.69) is 0 Å². The molecular formula is C8H6F10. The van der Waals surface area contributed by atoms with E-state index in [0.29, 0.717) is 0 Å². The van der Waals surface area contributed by atoms with E-state index < -0.39 is 49.2 Å². The number of allylic oxidation sites excluding steroid dienone is 1. The van der Waals surface area contributed by atoms with Gasteiger partial charge in [0.25, 0.3) is 6.43 Å². The fourth-order valence-electron chi connectivity index (χ4n) is 0.896. The van der Waals surface area contributed by atoms with Crippen LogP contribution in [-0.4, -0.2) is 37.3 Å². The van der Waals surface area contributed by atoms with Gasteiger partial charge in [-0.05, 0) is 0 Å². The predicted molar refractivity (Wildman–Crippen MR) is 40.8 cm³/mol. The smallest absolute Gasteiger partial charge is 0.241 e. The Balaban J connectivity index is 4.79. The summed E-state index contributed by atoms with van der Waals surface area (Å²) in [6, 6.07) is 0. The van der Waals surface area contributed by atoms with Crippen molar-refractivity contribution < 1.29 is 43.9 Å². The minimum absolute atomic E-state index is 3.01. The second-order valence-electron chi connectivity index (χ2n) is 3.12. The summed E-state index contributed by atoms with van der Waals surface area (Å²) in [6.07, 6.45) is -26.6. The quantitative estimate of drug-likeness (QED) is 0.649. The molecule has 0 saturated carbocycles. The van der Waals surface area contributed by atoms with E-state index >= 15 is 0 Å². The Morgan fingerprint density at radius 2 is 0.944 bits per heavy atom. The highest BCUT2D eigenvalue weighted by Gasteiger charge is 2.45. The molecule has 0 aromatic carbocycles. The Bertz CT molecular complexity index is 286. The number of alkyl halides is 7. The Kier molecular flexibility index (Phi) is 6.47. The topological polar surface area (TPSA) is 0 Å². The summed E-state index contributed by atoms with van der Waals surface area (Å²) < 4.78 is 121. The third-order valence-corrected chi connectivity index (χ3v) is 1.86. The maximum absolute atomic E-state index is 12.7. The van der Waals surface area contributed by atoms with E-state index in [1.807, 2.05) is 0 Å². The molecule has 5 atom stereocenters. The lowest BCUT2D eigenvalue weighted by atomic mass is 10.0. The van der Waals surface area contributed by atoms with Gasteiger partial charge in [-0.1, -0.05) is 0 Å². The van der Waals surface area contributed by atoms with Crippen LogP contribution in [0.1, 0.15) is 0 Å². The van der Waals surface area contributed by atoms with Crippen LogP contribution in [0.15, 0.2) is 11.9 Å². The van der Waals surface area contributed by atoms with Gasteiger partial charge >= 0.3 is 6.08 Å². The van der Waals surface area contributed by atoms with E-state index in [0.717, 1.165) is 0 Å². The zero-order chi connectivity index (χ0) is 14.6. The molecule has 0 aliphatic carbocycles. The van der Waals surface area contributed by atoms with Crippen molar-refractivity contribution >= 4 is 0 Å². The summed E-state index contributed by atoms with van der Waals surface area (Å²) in [7, 11) is 0. The van der Waals surface area contributed by atoms with Gasteiger partial charge < -0.3 is 0 Å². The Hall–Kier alpha value is -0.960. The van der Waals surface area contributed by atoms with Crippen LogP contribution in [0.5, 0.6) is 0 Å². The highest BCUT2D eigenvalue weighted by Crippen LogP contribution is 2.28. The Labute approximate surface area is 94.3 Å². The molecule has 0 radical (unpaired) electrons. The Morgan fingerprint density at radius 1 is 0.556 bits per heavy atom. The van der Waals surface area contributed by atoms with E-state index in [1.165, 1.54) is 0 Å². The van der Waals surface area contributed by atoms with Crippen LogP contribution < -0.4 is 0 Å². The zero-order valence-electron chi connectivity index (χ0n) is 8.24. The summed E-state index contributed by atoms with van der Waals surface area (Å²) in [4.78, 5) is 0. The molecule has 18 heavy (non-hydrogen) atoms. The maximum atomic E-state index is 12.7. The third kappa shape index (κ3) is 4.05. The fraction of sp³-hybridized carbons (Fsp3) is 0.750. The second kappa shape index (κ2) is 6.83. The molecule has 0 aliphatic heterocycles. The molecule has 0 fully saturated rings. The van der Waals surface area contributed by atoms with Crippen molar-refractivity contribution in [3.05, 3.63) is 11.9 Å². The molecule has 0 N–H and O–H groups in total. The standard InChI is InChI=1S/C8H6F10/c9-1(3(11)5(13)7(15)16)2(10)4(12)6(14)8(17)18/h1-5,7H. The van der Waals surface area contributed by atoms with Crippen LogP contribution in [0.25, 0.3) is 0 Å². The maximum Gasteiger partial charge on any atom is 0.304 e. The molecule has 0 amide bonds. The molecule has 0 aromatic rings. The highest BCUT2D eigenvalue weighted by molar-refractivity contribution is 5.04. The lowest BCUT2D eigenvalue weighted by Gasteiger charge is -2.21. The summed E-state index contributed by atoms with van der Waals surface area (Å²) in [6.45, 7) is 0. The molecule has 0 aliphatic rings. The molecule has 0 heterocycles. The first-order valence-corrected chi connectivity index (χ1v) is 4.30. The molecular weight excluding hydrogens is 286 g/mol. The highest BCUT2D eigenvalue weighted by atomic mass is 19.3. The molecule has 0 spiro atoms. The van der Waals surface area contributed by atoms with E-state index in [-0.39, 0.29) is 0 Å². The van der Waals surface area contributed by atoms with Gasteiger partial charge in [0.1, 0.15) is 0 Å². The van der Waals surface area contributed by atoms with Crippen LogP contribution in [0, 0.1) is 0 Å². The van der Waals surface area contributed by atoms with Gasteiger partial charge in [-0.3, -0.25) is 0 Å². The van der Waals surface area contributed by atoms with Crippen molar-refractivity contribution in [1.82, 2.24) is 0 Å². The van der Waals surface area contributed by atoms with Crippen molar-refractivity contribution in [2.75, 3.05) is 0 Å². The van der Waals surface area contributed by atoms with Crippen LogP contribution in [0.3, 0.4) is 0 Å². The van der Waals surface area contributed by atoms with Gasteiger partial charge in [0.2, 0.25) is 5.83 Å². The summed E-state index contributed by atoms with van der Waals surface area (Å²) in [5, 5.41) is 0. The van der Waals surface area contributed by atoms with Gasteiger partial charge in [-0.2, -0.15) is 8.78 Å². The molecule has 108 valence electrons. The average Bonchev–Trinajstić information content (AvgIpc) is 2.32. The van der Waals surface area contributed by atoms with Crippen LogP contribution in [-0.2, 0) is 0 Å². The van der Waals surface area contributed by atoms with Gasteiger partial charge in [-0.15, -0.1) is 0 Å². The van der Waals surface area contributed by atoms with E-state index in [9.17, 15) is 43.9 Å². The van der Waals surface area contributed by atoms with E-state index in [1.54, 1.807) is 0 Å². The van der Waals surface area contributed by atoms with Gasteiger partial charge in [-0.25, -0.2) is 35.1 Å². The minimum atomic E-state index is -4.03. The van der Waals surface area contributed by atoms with Crippen LogP contribution in [0.4, 0.5) is 43.9 Å². The van der Waals surface area contributed by atoms with Crippen molar-refractivity contribution in [3.63, 3.8) is 0 Å². The summed E-state index contributed by atoms with van der Waals surface area (Å²) >= 11 is 0. The third-order valence-electron chi connectivity index (χ3n) is 1.86. The predicted octanol–water partition coefficient (Wildman–Crippen LogP) is 4.02. The largest absolute Gasteiger partial charge is 0.304 e. The molecule has 5 unspecified atom stereocenters. The second-order valence-corrected chi connectivity index (χ2v) is 3.12. The van der Waals surface area contributed by atoms with Crippen molar-refractivity contribution in [3.8, 4) is 0 Å². The molecule has 0 rings (SSSR count).